The van der Waals surface area contributed by atoms with Gasteiger partial charge in [-0.1, -0.05) is 6.08 Å². The lowest BCUT2D eigenvalue weighted by molar-refractivity contribution is -0.118. The van der Waals surface area contributed by atoms with Gasteiger partial charge in [-0.2, -0.15) is 0 Å². The van der Waals surface area contributed by atoms with Gasteiger partial charge in [-0.3, -0.25) is 14.2 Å². The summed E-state index contributed by atoms with van der Waals surface area (Å²) in [7, 11) is 5.72. The average Bonchev–Trinajstić information content (AvgIpc) is 3.18. The van der Waals surface area contributed by atoms with Crippen molar-refractivity contribution in [2.24, 2.45) is 5.92 Å². The van der Waals surface area contributed by atoms with E-state index in [1.807, 2.05) is 42.6 Å². The number of imidazole rings is 1. The molecular weight excluding hydrogens is 445 g/mol. The van der Waals surface area contributed by atoms with Gasteiger partial charge in [0.15, 0.2) is 0 Å². The van der Waals surface area contributed by atoms with Crippen LogP contribution in [0.3, 0.4) is 0 Å². The summed E-state index contributed by atoms with van der Waals surface area (Å²) >= 11 is 0. The molecule has 1 unspecified atom stereocenters. The van der Waals surface area contributed by atoms with Crippen molar-refractivity contribution in [3.8, 4) is 5.69 Å². The number of aryl methyl sites for hydroxylation is 1. The summed E-state index contributed by atoms with van der Waals surface area (Å²) < 4.78 is 15.3. The third-order valence-electron chi connectivity index (χ3n) is 6.08. The number of fused-ring (bicyclic) bond motifs is 1. The van der Waals surface area contributed by atoms with Crippen LogP contribution in [-0.2, 0) is 4.79 Å². The van der Waals surface area contributed by atoms with E-state index >= 15 is 0 Å². The molecule has 0 saturated carbocycles. The van der Waals surface area contributed by atoms with Gasteiger partial charge >= 0.3 is 0 Å². The molecule has 0 fully saturated rings. The van der Waals surface area contributed by atoms with Crippen molar-refractivity contribution < 1.29 is 14.0 Å². The van der Waals surface area contributed by atoms with Crippen LogP contribution in [0.2, 0.25) is 0 Å². The number of nitrogens with zero attached hydrogens (tertiary/aromatic N) is 4. The van der Waals surface area contributed by atoms with Crippen LogP contribution in [-0.4, -0.2) is 65.4 Å². The molecule has 1 atom stereocenters. The van der Waals surface area contributed by atoms with E-state index in [1.54, 1.807) is 48.3 Å². The lowest BCUT2D eigenvalue weighted by Crippen LogP contribution is -2.36. The molecule has 1 aliphatic rings. The molecule has 7 nitrogen and oxygen atoms in total. The van der Waals surface area contributed by atoms with E-state index in [4.69, 9.17) is 0 Å². The van der Waals surface area contributed by atoms with Crippen molar-refractivity contribution in [2.75, 3.05) is 39.5 Å². The van der Waals surface area contributed by atoms with Gasteiger partial charge in [0.25, 0.3) is 5.91 Å². The highest BCUT2D eigenvalue weighted by molar-refractivity contribution is 5.98. The van der Waals surface area contributed by atoms with Gasteiger partial charge in [0.2, 0.25) is 5.91 Å². The zero-order valence-corrected chi connectivity index (χ0v) is 20.5. The normalized spacial score (nSPS) is 14.6. The second-order valence-electron chi connectivity index (χ2n) is 9.05. The van der Waals surface area contributed by atoms with Gasteiger partial charge in [-0.15, -0.1) is 0 Å². The second-order valence-corrected chi connectivity index (χ2v) is 9.05. The molecule has 0 radical (unpaired) electrons. The Hall–Kier alpha value is -3.78. The summed E-state index contributed by atoms with van der Waals surface area (Å²) in [5.41, 5.74) is 1.99. The van der Waals surface area contributed by atoms with Crippen LogP contribution >= 0.6 is 0 Å². The fraction of sp³-hybridized carbons (Fsp3) is 0.296. The van der Waals surface area contributed by atoms with E-state index in [1.165, 1.54) is 12.1 Å². The lowest BCUT2D eigenvalue weighted by Gasteiger charge is -2.20. The number of carbonyl (C=O) groups is 2. The summed E-state index contributed by atoms with van der Waals surface area (Å²) in [5, 5.41) is 4.59. The zero-order valence-electron chi connectivity index (χ0n) is 20.5. The molecular formula is C27H30FN5O2. The molecule has 0 bridgehead atoms. The molecule has 1 N–H and O–H groups in total. The molecule has 8 heteroatoms. The summed E-state index contributed by atoms with van der Waals surface area (Å²) in [5.74, 6) is -0.112. The number of carbonyl (C=O) groups excluding carboxylic acids is 2. The molecule has 35 heavy (non-hydrogen) atoms. The highest BCUT2D eigenvalue weighted by Crippen LogP contribution is 2.17. The van der Waals surface area contributed by atoms with Crippen molar-refractivity contribution >= 4 is 29.7 Å². The molecule has 1 heterocycles. The van der Waals surface area contributed by atoms with Gasteiger partial charge in [-0.05, 0) is 82.0 Å². The Bertz CT molecular complexity index is 1340. The number of amides is 2. The Kier molecular flexibility index (Phi) is 7.12. The molecule has 0 saturated heterocycles. The van der Waals surface area contributed by atoms with E-state index in [2.05, 4.69) is 10.3 Å². The number of hydrogen-bond donors (Lipinski definition) is 1. The zero-order chi connectivity index (χ0) is 25.1. The van der Waals surface area contributed by atoms with Crippen LogP contribution in [0.1, 0.15) is 22.6 Å². The SMILES string of the molecule is Cc1nc2c(n1-c1ccc(F)cc1)=CC(C(=O)Nc1ccc(C(=O)N(C)CCN(C)C)cc1)CC=2. The van der Waals surface area contributed by atoms with Crippen LogP contribution in [0.4, 0.5) is 10.1 Å². The van der Waals surface area contributed by atoms with Crippen molar-refractivity contribution in [1.29, 1.82) is 0 Å². The van der Waals surface area contributed by atoms with Gasteiger partial charge in [0.05, 0.1) is 16.6 Å². The highest BCUT2D eigenvalue weighted by Gasteiger charge is 2.20. The number of aromatic nitrogens is 2. The molecule has 2 amide bonds. The lowest BCUT2D eigenvalue weighted by atomic mass is 10.00. The fourth-order valence-corrected chi connectivity index (χ4v) is 4.08. The maximum Gasteiger partial charge on any atom is 0.253 e. The third-order valence-corrected chi connectivity index (χ3v) is 6.08. The van der Waals surface area contributed by atoms with Crippen molar-refractivity contribution in [3.63, 3.8) is 0 Å². The summed E-state index contributed by atoms with van der Waals surface area (Å²) in [6.07, 6.45) is 4.40. The summed E-state index contributed by atoms with van der Waals surface area (Å²) in [6.45, 7) is 3.31. The van der Waals surface area contributed by atoms with Crippen LogP contribution < -0.4 is 16.0 Å². The molecule has 2 aromatic carbocycles. The van der Waals surface area contributed by atoms with Crippen molar-refractivity contribution in [1.82, 2.24) is 19.4 Å². The van der Waals surface area contributed by atoms with Crippen LogP contribution in [0, 0.1) is 18.7 Å². The molecule has 182 valence electrons. The number of halogens is 1. The predicted molar refractivity (Wildman–Crippen MR) is 135 cm³/mol. The third kappa shape index (κ3) is 5.49. The number of rotatable bonds is 7. The van der Waals surface area contributed by atoms with Gasteiger partial charge in [0.1, 0.15) is 11.6 Å². The van der Waals surface area contributed by atoms with Gasteiger partial charge in [-0.25, -0.2) is 9.37 Å². The summed E-state index contributed by atoms with van der Waals surface area (Å²) in [6, 6.07) is 13.2. The highest BCUT2D eigenvalue weighted by atomic mass is 19.1. The smallest absolute Gasteiger partial charge is 0.253 e. The Morgan fingerprint density at radius 1 is 1.06 bits per heavy atom. The van der Waals surface area contributed by atoms with E-state index in [0.29, 0.717) is 24.2 Å². The minimum atomic E-state index is -0.378. The quantitative estimate of drug-likeness (QED) is 0.569. The van der Waals surface area contributed by atoms with Gasteiger partial charge in [0, 0.05) is 37.1 Å². The van der Waals surface area contributed by atoms with Crippen LogP contribution in [0.25, 0.3) is 17.8 Å². The number of nitrogens with one attached hydrogen (secondary N) is 1. The molecule has 3 aromatic rings. The van der Waals surface area contributed by atoms with E-state index in [0.717, 1.165) is 28.8 Å². The number of hydrogen-bond acceptors (Lipinski definition) is 4. The Balaban J connectivity index is 1.48. The Morgan fingerprint density at radius 3 is 2.40 bits per heavy atom. The topological polar surface area (TPSA) is 70.5 Å². The number of benzene rings is 2. The standard InChI is InChI=1S/C27H30FN5O2/c1-18-29-24-14-7-20(17-25(24)33(18)23-12-8-21(28)9-13-23)26(34)30-22-10-5-19(6-11-22)27(35)32(4)16-15-31(2)3/h5-6,8-14,17,20H,7,15-16H2,1-4H3,(H,30,34). The Morgan fingerprint density at radius 2 is 1.74 bits per heavy atom. The fourth-order valence-electron chi connectivity index (χ4n) is 4.08. The molecule has 1 aromatic heterocycles. The van der Waals surface area contributed by atoms with Gasteiger partial charge < -0.3 is 15.1 Å². The average molecular weight is 476 g/mol. The predicted octanol–water partition coefficient (Wildman–Crippen LogP) is 2.17. The first-order chi connectivity index (χ1) is 16.7. The number of anilines is 1. The Labute approximate surface area is 204 Å². The van der Waals surface area contributed by atoms with Crippen molar-refractivity contribution in [2.45, 2.75) is 13.3 Å². The first-order valence-electron chi connectivity index (χ1n) is 11.6. The molecule has 0 spiro atoms. The first kappa shape index (κ1) is 24.3. The minimum absolute atomic E-state index is 0.0584. The monoisotopic (exact) mass is 475 g/mol. The largest absolute Gasteiger partial charge is 0.340 e. The second kappa shape index (κ2) is 10.2. The van der Waals surface area contributed by atoms with Crippen LogP contribution in [0.15, 0.2) is 48.5 Å². The van der Waals surface area contributed by atoms with Crippen molar-refractivity contribution in [3.05, 3.63) is 76.4 Å². The van der Waals surface area contributed by atoms with E-state index < -0.39 is 0 Å². The maximum atomic E-state index is 13.4. The minimum Gasteiger partial charge on any atom is -0.340 e. The first-order valence-corrected chi connectivity index (χ1v) is 11.6. The van der Waals surface area contributed by atoms with Crippen LogP contribution in [0.5, 0.6) is 0 Å². The molecule has 0 aliphatic heterocycles. The molecule has 1 aliphatic carbocycles. The number of likely N-dealkylation sites (N-methyl/N-ethyl adjacent to an activating group) is 2. The molecule has 4 rings (SSSR count). The van der Waals surface area contributed by atoms with E-state index in [-0.39, 0.29) is 23.5 Å². The maximum absolute atomic E-state index is 13.4. The summed E-state index contributed by atoms with van der Waals surface area (Å²) in [4.78, 5) is 34.0. The van der Waals surface area contributed by atoms with E-state index in [9.17, 15) is 14.0 Å².